The van der Waals surface area contributed by atoms with Crippen molar-refractivity contribution in [3.8, 4) is 0 Å². The summed E-state index contributed by atoms with van der Waals surface area (Å²) in [5.74, 6) is -0.937. The highest BCUT2D eigenvalue weighted by Crippen LogP contribution is 2.29. The van der Waals surface area contributed by atoms with Gasteiger partial charge in [-0.05, 0) is 32.1 Å². The van der Waals surface area contributed by atoms with E-state index in [4.69, 9.17) is 9.84 Å². The van der Waals surface area contributed by atoms with Crippen molar-refractivity contribution in [1.29, 1.82) is 0 Å². The second-order valence-corrected chi connectivity index (χ2v) is 5.95. The van der Waals surface area contributed by atoms with Gasteiger partial charge in [0.15, 0.2) is 0 Å². The highest BCUT2D eigenvalue weighted by Gasteiger charge is 2.35. The van der Waals surface area contributed by atoms with E-state index in [9.17, 15) is 9.59 Å². The lowest BCUT2D eigenvalue weighted by atomic mass is 10.1. The first-order valence-electron chi connectivity index (χ1n) is 8.00. The van der Waals surface area contributed by atoms with Crippen LogP contribution in [0.3, 0.4) is 0 Å². The Kier molecular flexibility index (Phi) is 5.85. The Morgan fingerprint density at radius 3 is 2.43 bits per heavy atom. The van der Waals surface area contributed by atoms with Crippen LogP contribution in [-0.2, 0) is 9.53 Å². The molecule has 1 N–H and O–H groups in total. The number of piperidine rings is 1. The third-order valence-corrected chi connectivity index (χ3v) is 4.14. The number of carbonyl (C=O) groups is 2. The fourth-order valence-electron chi connectivity index (χ4n) is 2.73. The molecule has 1 heterocycles. The van der Waals surface area contributed by atoms with Gasteiger partial charge in [0.1, 0.15) is 6.61 Å². The lowest BCUT2D eigenvalue weighted by molar-refractivity contribution is -0.145. The molecule has 0 aromatic heterocycles. The fourth-order valence-corrected chi connectivity index (χ4v) is 2.73. The maximum atomic E-state index is 12.6. The zero-order valence-corrected chi connectivity index (χ0v) is 12.8. The maximum Gasteiger partial charge on any atom is 0.329 e. The molecule has 6 nitrogen and oxygen atoms in total. The molecule has 2 rings (SSSR count). The highest BCUT2D eigenvalue weighted by molar-refractivity contribution is 5.75. The van der Waals surface area contributed by atoms with E-state index in [0.29, 0.717) is 19.1 Å². The van der Waals surface area contributed by atoms with Crippen molar-refractivity contribution in [3.63, 3.8) is 0 Å². The summed E-state index contributed by atoms with van der Waals surface area (Å²) in [6.45, 7) is 4.08. The number of carboxylic acid groups (broad SMARTS) is 1. The van der Waals surface area contributed by atoms with Crippen molar-refractivity contribution in [2.24, 2.45) is 0 Å². The first kappa shape index (κ1) is 16.1. The van der Waals surface area contributed by atoms with Gasteiger partial charge in [-0.1, -0.05) is 13.3 Å². The minimum Gasteiger partial charge on any atom is -0.480 e. The molecular formula is C15H26N2O4. The molecule has 0 atom stereocenters. The number of nitrogens with zero attached hydrogens (tertiary/aromatic N) is 2. The van der Waals surface area contributed by atoms with Crippen molar-refractivity contribution >= 4 is 12.0 Å². The normalized spacial score (nSPS) is 19.6. The van der Waals surface area contributed by atoms with E-state index < -0.39 is 5.97 Å². The maximum absolute atomic E-state index is 12.6. The first-order valence-corrected chi connectivity index (χ1v) is 8.00. The number of rotatable bonds is 7. The monoisotopic (exact) mass is 298 g/mol. The number of ether oxygens (including phenoxy) is 1. The lowest BCUT2D eigenvalue weighted by Gasteiger charge is -2.35. The Balaban J connectivity index is 1.77. The van der Waals surface area contributed by atoms with Gasteiger partial charge in [-0.2, -0.15) is 0 Å². The zero-order valence-electron chi connectivity index (χ0n) is 12.8. The van der Waals surface area contributed by atoms with Crippen molar-refractivity contribution in [3.05, 3.63) is 0 Å². The minimum absolute atomic E-state index is 0.0323. The summed E-state index contributed by atoms with van der Waals surface area (Å²) in [5.41, 5.74) is 0. The third-order valence-electron chi connectivity index (χ3n) is 4.14. The van der Waals surface area contributed by atoms with Gasteiger partial charge in [0.25, 0.3) is 0 Å². The average molecular weight is 298 g/mol. The van der Waals surface area contributed by atoms with Gasteiger partial charge >= 0.3 is 12.0 Å². The van der Waals surface area contributed by atoms with Gasteiger partial charge in [-0.3, -0.25) is 0 Å². The van der Waals surface area contributed by atoms with Gasteiger partial charge in [0.05, 0.1) is 6.10 Å². The number of hydrogen-bond acceptors (Lipinski definition) is 3. The Hall–Kier alpha value is -1.30. The second-order valence-electron chi connectivity index (χ2n) is 5.95. The van der Waals surface area contributed by atoms with E-state index in [1.807, 2.05) is 9.80 Å². The summed E-state index contributed by atoms with van der Waals surface area (Å²) in [6, 6.07) is 0.604. The molecule has 1 saturated carbocycles. The predicted molar refractivity (Wildman–Crippen MR) is 78.2 cm³/mol. The third kappa shape index (κ3) is 4.88. The summed E-state index contributed by atoms with van der Waals surface area (Å²) < 4.78 is 5.31. The molecule has 1 aliphatic heterocycles. The molecule has 120 valence electrons. The zero-order chi connectivity index (χ0) is 15.2. The van der Waals surface area contributed by atoms with Crippen LogP contribution in [0.1, 0.15) is 45.4 Å². The summed E-state index contributed by atoms with van der Waals surface area (Å²) in [5, 5.41) is 8.61. The number of unbranched alkanes of at least 4 members (excludes halogenated alkanes) is 1. The largest absolute Gasteiger partial charge is 0.480 e. The molecule has 0 bridgehead atoms. The van der Waals surface area contributed by atoms with Crippen LogP contribution in [0.2, 0.25) is 0 Å². The van der Waals surface area contributed by atoms with E-state index >= 15 is 0 Å². The summed E-state index contributed by atoms with van der Waals surface area (Å²) >= 11 is 0. The van der Waals surface area contributed by atoms with E-state index in [-0.39, 0.29) is 18.7 Å². The molecule has 21 heavy (non-hydrogen) atoms. The number of hydrogen-bond donors (Lipinski definition) is 1. The molecule has 6 heteroatoms. The molecule has 2 fully saturated rings. The molecule has 1 aliphatic carbocycles. The number of carboxylic acids is 1. The summed E-state index contributed by atoms with van der Waals surface area (Å²) in [6.07, 6.45) is 5.84. The molecule has 0 unspecified atom stereocenters. The standard InChI is InChI=1S/C15H26N2O4/c1-2-3-8-17(12-4-5-12)15(20)16-9-6-13(7-10-16)21-11-14(18)19/h12-13H,2-11H2,1H3,(H,18,19). The molecule has 1 saturated heterocycles. The quantitative estimate of drug-likeness (QED) is 0.780. The van der Waals surface area contributed by atoms with Crippen LogP contribution >= 0.6 is 0 Å². The number of likely N-dealkylation sites (tertiary alicyclic amines) is 1. The summed E-state index contributed by atoms with van der Waals surface area (Å²) in [4.78, 5) is 27.0. The van der Waals surface area contributed by atoms with Gasteiger partial charge in [0, 0.05) is 25.7 Å². The van der Waals surface area contributed by atoms with E-state index in [2.05, 4.69) is 6.92 Å². The van der Waals surface area contributed by atoms with Crippen LogP contribution < -0.4 is 0 Å². The van der Waals surface area contributed by atoms with Crippen molar-refractivity contribution in [1.82, 2.24) is 9.80 Å². The number of aliphatic carboxylic acids is 1. The van der Waals surface area contributed by atoms with E-state index in [1.54, 1.807) is 0 Å². The molecule has 2 aliphatic rings. The molecule has 0 aromatic rings. The molecule has 0 spiro atoms. The molecule has 0 radical (unpaired) electrons. The first-order chi connectivity index (χ1) is 10.1. The second kappa shape index (κ2) is 7.64. The number of urea groups is 1. The van der Waals surface area contributed by atoms with Gasteiger partial charge in [-0.25, -0.2) is 9.59 Å². The highest BCUT2D eigenvalue weighted by atomic mass is 16.5. The molecular weight excluding hydrogens is 272 g/mol. The van der Waals surface area contributed by atoms with Crippen LogP contribution in [0, 0.1) is 0 Å². The topological polar surface area (TPSA) is 70.1 Å². The van der Waals surface area contributed by atoms with E-state index in [0.717, 1.165) is 45.1 Å². The fraction of sp³-hybridized carbons (Fsp3) is 0.867. The number of amides is 2. The van der Waals surface area contributed by atoms with Crippen LogP contribution in [0.25, 0.3) is 0 Å². The number of carbonyl (C=O) groups excluding carboxylic acids is 1. The van der Waals surface area contributed by atoms with Crippen molar-refractivity contribution in [2.75, 3.05) is 26.2 Å². The predicted octanol–water partition coefficient (Wildman–Crippen LogP) is 1.94. The van der Waals surface area contributed by atoms with Crippen LogP contribution in [-0.4, -0.2) is 65.3 Å². The Bertz CT molecular complexity index is 363. The van der Waals surface area contributed by atoms with Crippen LogP contribution in [0.15, 0.2) is 0 Å². The Morgan fingerprint density at radius 1 is 1.24 bits per heavy atom. The lowest BCUT2D eigenvalue weighted by Crippen LogP contribution is -2.49. The van der Waals surface area contributed by atoms with Gasteiger partial charge in [-0.15, -0.1) is 0 Å². The Labute approximate surface area is 126 Å². The van der Waals surface area contributed by atoms with Crippen molar-refractivity contribution < 1.29 is 19.4 Å². The van der Waals surface area contributed by atoms with Gasteiger partial charge < -0.3 is 19.6 Å². The van der Waals surface area contributed by atoms with Crippen LogP contribution in [0.5, 0.6) is 0 Å². The van der Waals surface area contributed by atoms with E-state index in [1.165, 1.54) is 0 Å². The van der Waals surface area contributed by atoms with Crippen LogP contribution in [0.4, 0.5) is 4.79 Å². The summed E-state index contributed by atoms with van der Waals surface area (Å²) in [7, 11) is 0. The molecule has 0 aromatic carbocycles. The van der Waals surface area contributed by atoms with Gasteiger partial charge in [0.2, 0.25) is 0 Å². The smallest absolute Gasteiger partial charge is 0.329 e. The van der Waals surface area contributed by atoms with Crippen molar-refractivity contribution in [2.45, 2.75) is 57.6 Å². The average Bonchev–Trinajstić information content (AvgIpc) is 3.30. The SMILES string of the molecule is CCCCN(C(=O)N1CCC(OCC(=O)O)CC1)C1CC1. The minimum atomic E-state index is -0.937. The molecule has 2 amide bonds. The Morgan fingerprint density at radius 2 is 1.90 bits per heavy atom.